The third-order valence-electron chi connectivity index (χ3n) is 8.42. The molecule has 1 aliphatic carbocycles. The lowest BCUT2D eigenvalue weighted by Crippen LogP contribution is -2.41. The number of fused-ring (bicyclic) bond motifs is 1. The maximum absolute atomic E-state index is 14.2. The number of aliphatic imine (C=N–C) groups is 1. The van der Waals surface area contributed by atoms with Crippen molar-refractivity contribution in [1.82, 2.24) is 0 Å². The Hall–Kier alpha value is -4.11. The molecule has 2 aliphatic rings. The number of esters is 1. The van der Waals surface area contributed by atoms with Crippen LogP contribution in [0.4, 0.5) is 0 Å². The minimum absolute atomic E-state index is 0.0109. The summed E-state index contributed by atoms with van der Waals surface area (Å²) in [6, 6.07) is 19.4. The number of ether oxygens (including phenoxy) is 5. The number of halogens is 1. The summed E-state index contributed by atoms with van der Waals surface area (Å²) in [4.78, 5) is 32.9. The molecule has 1 aliphatic heterocycles. The van der Waals surface area contributed by atoms with Gasteiger partial charge in [-0.3, -0.25) is 9.79 Å². The number of methoxy groups -OCH3 is 3. The molecule has 1 fully saturated rings. The minimum atomic E-state index is -0.628. The maximum Gasteiger partial charge on any atom is 0.336 e. The Balaban J connectivity index is 1.54. The number of rotatable bonds is 11. The minimum Gasteiger partial charge on any atom is -0.493 e. The van der Waals surface area contributed by atoms with Crippen molar-refractivity contribution in [1.29, 1.82) is 0 Å². The van der Waals surface area contributed by atoms with Gasteiger partial charge in [0.15, 0.2) is 23.0 Å². The van der Waals surface area contributed by atoms with Gasteiger partial charge in [0.2, 0.25) is 0 Å². The standard InChI is InChI=1S/C36H38BrNO7/c1-6-44-31-20-25(16-26(37)35(31)43-5)33-32(36(40)45-15-14-22-10-8-7-9-11-22)21(2)38-27-17-24(18-28(39)34(27)33)23-12-13-29(41-3)30(19-23)42-4/h7-13,16,19-20,24,33-34H,6,14-15,17-18H2,1-5H3. The van der Waals surface area contributed by atoms with Crippen molar-refractivity contribution in [3.63, 3.8) is 0 Å². The van der Waals surface area contributed by atoms with Crippen molar-refractivity contribution < 1.29 is 33.3 Å². The molecule has 5 rings (SSSR count). The van der Waals surface area contributed by atoms with Gasteiger partial charge in [0.1, 0.15) is 5.78 Å². The van der Waals surface area contributed by atoms with Crippen molar-refractivity contribution in [2.75, 3.05) is 34.5 Å². The van der Waals surface area contributed by atoms with Crippen molar-refractivity contribution in [2.45, 2.75) is 44.9 Å². The van der Waals surface area contributed by atoms with E-state index in [1.807, 2.05) is 74.5 Å². The Labute approximate surface area is 272 Å². The average Bonchev–Trinajstić information content (AvgIpc) is 3.04. The Kier molecular flexibility index (Phi) is 10.3. The van der Waals surface area contributed by atoms with Crippen LogP contribution in [0.3, 0.4) is 0 Å². The van der Waals surface area contributed by atoms with Gasteiger partial charge in [-0.25, -0.2) is 4.79 Å². The van der Waals surface area contributed by atoms with Crippen LogP contribution < -0.4 is 18.9 Å². The monoisotopic (exact) mass is 675 g/mol. The first-order valence-corrected chi connectivity index (χ1v) is 15.8. The number of allylic oxidation sites excluding steroid dienone is 1. The topological polar surface area (TPSA) is 92.7 Å². The van der Waals surface area contributed by atoms with Crippen LogP contribution in [0.5, 0.6) is 23.0 Å². The van der Waals surface area contributed by atoms with E-state index in [-0.39, 0.29) is 18.3 Å². The summed E-state index contributed by atoms with van der Waals surface area (Å²) in [6.07, 6.45) is 1.43. The van der Waals surface area contributed by atoms with Crippen LogP contribution in [-0.2, 0) is 20.7 Å². The second-order valence-electron chi connectivity index (χ2n) is 11.1. The van der Waals surface area contributed by atoms with Crippen LogP contribution in [-0.4, -0.2) is 52.0 Å². The molecule has 45 heavy (non-hydrogen) atoms. The maximum atomic E-state index is 14.2. The van der Waals surface area contributed by atoms with Crippen molar-refractivity contribution in [3.8, 4) is 23.0 Å². The molecular weight excluding hydrogens is 638 g/mol. The van der Waals surface area contributed by atoms with Crippen LogP contribution >= 0.6 is 15.9 Å². The molecular formula is C36H38BrNO7. The lowest BCUT2D eigenvalue weighted by molar-refractivity contribution is -0.139. The molecule has 3 aromatic carbocycles. The van der Waals surface area contributed by atoms with Gasteiger partial charge in [0, 0.05) is 30.2 Å². The second kappa shape index (κ2) is 14.3. The highest BCUT2D eigenvalue weighted by molar-refractivity contribution is 9.10. The van der Waals surface area contributed by atoms with E-state index >= 15 is 0 Å². The van der Waals surface area contributed by atoms with E-state index in [4.69, 9.17) is 28.7 Å². The highest BCUT2D eigenvalue weighted by Gasteiger charge is 2.46. The number of Topliss-reactive ketones (excluding diaryl/α,β-unsaturated/α-hetero) is 1. The van der Waals surface area contributed by atoms with Gasteiger partial charge in [-0.2, -0.15) is 0 Å². The summed E-state index contributed by atoms with van der Waals surface area (Å²) in [5.74, 6) is 0.501. The molecule has 3 unspecified atom stereocenters. The van der Waals surface area contributed by atoms with Crippen molar-refractivity contribution in [3.05, 3.63) is 93.1 Å². The highest BCUT2D eigenvalue weighted by Crippen LogP contribution is 2.49. The van der Waals surface area contributed by atoms with E-state index < -0.39 is 17.8 Å². The van der Waals surface area contributed by atoms with Crippen molar-refractivity contribution in [2.24, 2.45) is 10.9 Å². The molecule has 3 atom stereocenters. The molecule has 236 valence electrons. The van der Waals surface area contributed by atoms with E-state index in [0.29, 0.717) is 64.6 Å². The molecule has 3 aromatic rings. The molecule has 0 bridgehead atoms. The molecule has 0 amide bonds. The summed E-state index contributed by atoms with van der Waals surface area (Å²) in [5, 5.41) is 0. The summed E-state index contributed by atoms with van der Waals surface area (Å²) in [6.45, 7) is 4.34. The Bertz CT molecular complexity index is 1630. The fourth-order valence-corrected chi connectivity index (χ4v) is 6.98. The lowest BCUT2D eigenvalue weighted by Gasteiger charge is -2.38. The van der Waals surface area contributed by atoms with E-state index in [1.54, 1.807) is 21.3 Å². The molecule has 9 heteroatoms. The van der Waals surface area contributed by atoms with E-state index in [2.05, 4.69) is 15.9 Å². The van der Waals surface area contributed by atoms with Crippen molar-refractivity contribution >= 4 is 33.4 Å². The molecule has 0 N–H and O–H groups in total. The second-order valence-corrected chi connectivity index (χ2v) is 11.9. The molecule has 0 spiro atoms. The molecule has 1 saturated carbocycles. The fraction of sp³-hybridized carbons (Fsp3) is 0.361. The first-order chi connectivity index (χ1) is 21.8. The molecule has 0 radical (unpaired) electrons. The smallest absolute Gasteiger partial charge is 0.336 e. The first-order valence-electron chi connectivity index (χ1n) is 15.0. The quantitative estimate of drug-likeness (QED) is 0.198. The van der Waals surface area contributed by atoms with Gasteiger partial charge < -0.3 is 23.7 Å². The number of hydrogen-bond donors (Lipinski definition) is 0. The third-order valence-corrected chi connectivity index (χ3v) is 9.00. The molecule has 8 nitrogen and oxygen atoms in total. The van der Waals surface area contributed by atoms with Gasteiger partial charge in [0.25, 0.3) is 0 Å². The number of carbonyl (C=O) groups excluding carboxylic acids is 2. The summed E-state index contributed by atoms with van der Waals surface area (Å²) < 4.78 is 29.0. The number of carbonyl (C=O) groups is 2. The zero-order valence-corrected chi connectivity index (χ0v) is 27.8. The average molecular weight is 677 g/mol. The number of hydrogen-bond acceptors (Lipinski definition) is 8. The summed E-state index contributed by atoms with van der Waals surface area (Å²) in [5.41, 5.74) is 4.46. The van der Waals surface area contributed by atoms with Crippen LogP contribution in [0.2, 0.25) is 0 Å². The van der Waals surface area contributed by atoms with Crippen LogP contribution in [0.1, 0.15) is 55.2 Å². The van der Waals surface area contributed by atoms with Gasteiger partial charge >= 0.3 is 5.97 Å². The predicted molar refractivity (Wildman–Crippen MR) is 176 cm³/mol. The number of benzene rings is 3. The SMILES string of the molecule is CCOc1cc(C2C(C(=O)OCCc3ccccc3)=C(C)N=C3CC(c4ccc(OC)c(OC)c4)CC(=O)C32)cc(Br)c1OC. The number of nitrogens with zero attached hydrogens (tertiary/aromatic N) is 1. The Morgan fingerprint density at radius 3 is 2.31 bits per heavy atom. The summed E-state index contributed by atoms with van der Waals surface area (Å²) >= 11 is 3.63. The largest absolute Gasteiger partial charge is 0.493 e. The lowest BCUT2D eigenvalue weighted by atomic mass is 9.66. The van der Waals surface area contributed by atoms with Crippen LogP contribution in [0.25, 0.3) is 0 Å². The number of ketones is 1. The van der Waals surface area contributed by atoms with E-state index in [0.717, 1.165) is 22.4 Å². The molecule has 1 heterocycles. The van der Waals surface area contributed by atoms with E-state index in [9.17, 15) is 9.59 Å². The van der Waals surface area contributed by atoms with Gasteiger partial charge in [-0.15, -0.1) is 0 Å². The van der Waals surface area contributed by atoms with E-state index in [1.165, 1.54) is 0 Å². The Morgan fingerprint density at radius 1 is 0.889 bits per heavy atom. The molecule has 0 saturated heterocycles. The first kappa shape index (κ1) is 32.3. The zero-order valence-electron chi connectivity index (χ0n) is 26.2. The normalized spacial score (nSPS) is 19.4. The van der Waals surface area contributed by atoms with Crippen LogP contribution in [0, 0.1) is 5.92 Å². The van der Waals surface area contributed by atoms with Crippen LogP contribution in [0.15, 0.2) is 81.4 Å². The predicted octanol–water partition coefficient (Wildman–Crippen LogP) is 7.23. The van der Waals surface area contributed by atoms with Gasteiger partial charge in [-0.05, 0) is 83.1 Å². The van der Waals surface area contributed by atoms with Gasteiger partial charge in [0.05, 0.1) is 50.5 Å². The Morgan fingerprint density at radius 2 is 1.62 bits per heavy atom. The molecule has 0 aromatic heterocycles. The highest BCUT2D eigenvalue weighted by atomic mass is 79.9. The zero-order chi connectivity index (χ0) is 32.1. The summed E-state index contributed by atoms with van der Waals surface area (Å²) in [7, 11) is 4.76. The third kappa shape index (κ3) is 6.78. The fourth-order valence-electron chi connectivity index (χ4n) is 6.36. The van der Waals surface area contributed by atoms with Gasteiger partial charge in [-0.1, -0.05) is 36.4 Å².